The minimum atomic E-state index is -1.17. The first kappa shape index (κ1) is 14.3. The lowest BCUT2D eigenvalue weighted by Crippen LogP contribution is -2.36. The van der Waals surface area contributed by atoms with Crippen LogP contribution in [0.4, 0.5) is 0 Å². The molecule has 3 rings (SSSR count). The van der Waals surface area contributed by atoms with Crippen molar-refractivity contribution in [2.45, 2.75) is 57.2 Å². The van der Waals surface area contributed by atoms with E-state index in [9.17, 15) is 0 Å². The summed E-state index contributed by atoms with van der Waals surface area (Å²) in [6, 6.07) is 4.90. The Morgan fingerprint density at radius 1 is 1.00 bits per heavy atom. The topological polar surface area (TPSA) is 0 Å². The highest BCUT2D eigenvalue weighted by Crippen LogP contribution is 2.48. The molecule has 0 saturated heterocycles. The van der Waals surface area contributed by atoms with E-state index in [1.165, 1.54) is 32.1 Å². The second-order valence-electron chi connectivity index (χ2n) is 7.43. The Kier molecular flexibility index (Phi) is 3.80. The van der Waals surface area contributed by atoms with Crippen LogP contribution in [0, 0.1) is 5.92 Å². The normalized spacial score (nSPS) is 22.6. The summed E-state index contributed by atoms with van der Waals surface area (Å²) < 4.78 is 1.67. The van der Waals surface area contributed by atoms with Gasteiger partial charge in [0.2, 0.25) is 0 Å². The van der Waals surface area contributed by atoms with Gasteiger partial charge in [-0.1, -0.05) is 69.3 Å². The predicted molar refractivity (Wildman–Crippen MR) is 93.8 cm³/mol. The molecule has 0 amide bonds. The maximum atomic E-state index is 2.46. The van der Waals surface area contributed by atoms with Gasteiger partial charge in [-0.3, -0.25) is 0 Å². The monoisotopic (exact) mass is 302 g/mol. The Labute approximate surface area is 128 Å². The summed E-state index contributed by atoms with van der Waals surface area (Å²) in [5.74, 6) is 0.635. The average Bonchev–Trinajstić information content (AvgIpc) is 3.11. The van der Waals surface area contributed by atoms with Crippen molar-refractivity contribution in [2.24, 2.45) is 5.92 Å². The summed E-state index contributed by atoms with van der Waals surface area (Å²) in [7, 11) is -1.17. The summed E-state index contributed by atoms with van der Waals surface area (Å²) in [4.78, 5) is 1.66. The van der Waals surface area contributed by atoms with E-state index in [2.05, 4.69) is 67.4 Å². The summed E-state index contributed by atoms with van der Waals surface area (Å²) >= 11 is 2.13. The third-order valence-electron chi connectivity index (χ3n) is 4.97. The van der Waals surface area contributed by atoms with Crippen LogP contribution in [0.25, 0.3) is 0 Å². The van der Waals surface area contributed by atoms with E-state index in [1.54, 1.807) is 9.38 Å². The van der Waals surface area contributed by atoms with Crippen LogP contribution in [-0.2, 0) is 5.41 Å². The zero-order chi connectivity index (χ0) is 14.2. The molecule has 1 heterocycles. The zero-order valence-corrected chi connectivity index (χ0v) is 14.8. The van der Waals surface area contributed by atoms with Gasteiger partial charge >= 0.3 is 0 Å². The van der Waals surface area contributed by atoms with E-state index in [1.807, 2.05) is 0 Å². The van der Waals surface area contributed by atoms with Crippen LogP contribution in [0.15, 0.2) is 36.4 Å². The van der Waals surface area contributed by atoms with Crippen molar-refractivity contribution in [3.05, 3.63) is 41.3 Å². The summed E-state index contributed by atoms with van der Waals surface area (Å²) in [5.41, 5.74) is 0.407. The molecule has 0 nitrogen and oxygen atoms in total. The van der Waals surface area contributed by atoms with Gasteiger partial charge in [0, 0.05) is 16.2 Å². The van der Waals surface area contributed by atoms with Crippen molar-refractivity contribution >= 4 is 23.9 Å². The van der Waals surface area contributed by atoms with Gasteiger partial charge in [-0.15, -0.1) is 11.3 Å². The maximum absolute atomic E-state index is 2.46. The molecule has 2 aliphatic carbocycles. The van der Waals surface area contributed by atoms with E-state index in [0.717, 1.165) is 0 Å². The van der Waals surface area contributed by atoms with Gasteiger partial charge in [-0.25, -0.2) is 0 Å². The molecular formula is C18H26SSi. The quantitative estimate of drug-likeness (QED) is 0.670. The van der Waals surface area contributed by atoms with E-state index in [-0.39, 0.29) is 0 Å². The van der Waals surface area contributed by atoms with Crippen LogP contribution >= 0.6 is 11.3 Å². The van der Waals surface area contributed by atoms with Crippen LogP contribution < -0.4 is 4.50 Å². The number of rotatable bonds is 3. The molecule has 2 aliphatic rings. The van der Waals surface area contributed by atoms with Gasteiger partial charge in [-0.05, 0) is 23.4 Å². The van der Waals surface area contributed by atoms with Crippen LogP contribution in [-0.4, -0.2) is 8.07 Å². The Morgan fingerprint density at radius 2 is 1.65 bits per heavy atom. The highest BCUT2D eigenvalue weighted by atomic mass is 32.1. The lowest BCUT2D eigenvalue weighted by molar-refractivity contribution is 0.258. The molecule has 0 aromatic carbocycles. The van der Waals surface area contributed by atoms with Crippen molar-refractivity contribution in [3.8, 4) is 0 Å². The van der Waals surface area contributed by atoms with Crippen LogP contribution in [0.5, 0.6) is 0 Å². The molecule has 0 spiro atoms. The summed E-state index contributed by atoms with van der Waals surface area (Å²) in [6.07, 6.45) is 16.3. The first-order chi connectivity index (χ1) is 9.52. The van der Waals surface area contributed by atoms with E-state index >= 15 is 0 Å². The standard InChI is InChI=1S/C18H26SSi/c1-20(2,3)17-12-11-16(19-17)18(13-7-4-8-14-18)15-9-5-6-10-15/h5-6,9-12,15H,4,7-8,13-14H2,1-3H3. The molecule has 20 heavy (non-hydrogen) atoms. The fourth-order valence-corrected chi connectivity index (χ4v) is 6.93. The molecule has 0 N–H and O–H groups in total. The van der Waals surface area contributed by atoms with Crippen molar-refractivity contribution in [3.63, 3.8) is 0 Å². The number of allylic oxidation sites excluding steroid dienone is 4. The van der Waals surface area contributed by atoms with Gasteiger partial charge in [0.1, 0.15) is 0 Å². The lowest BCUT2D eigenvalue weighted by Gasteiger charge is -2.40. The smallest absolute Gasteiger partial charge is 0.0904 e. The number of hydrogen-bond donors (Lipinski definition) is 0. The molecule has 0 bridgehead atoms. The van der Waals surface area contributed by atoms with Crippen molar-refractivity contribution in [2.75, 3.05) is 0 Å². The number of thiophene rings is 1. The zero-order valence-electron chi connectivity index (χ0n) is 13.0. The molecule has 1 aromatic rings. The fraction of sp³-hybridized carbons (Fsp3) is 0.556. The predicted octanol–water partition coefficient (Wildman–Crippen LogP) is 5.24. The fourth-order valence-electron chi connectivity index (χ4n) is 3.74. The molecular weight excluding hydrogens is 276 g/mol. The van der Waals surface area contributed by atoms with Crippen molar-refractivity contribution in [1.82, 2.24) is 0 Å². The second-order valence-corrected chi connectivity index (χ2v) is 13.9. The minimum absolute atomic E-state index is 0.407. The minimum Gasteiger partial charge on any atom is -0.149 e. The molecule has 1 aromatic heterocycles. The van der Waals surface area contributed by atoms with Gasteiger partial charge < -0.3 is 0 Å². The van der Waals surface area contributed by atoms with E-state index < -0.39 is 8.07 Å². The van der Waals surface area contributed by atoms with Gasteiger partial charge in [0.15, 0.2) is 0 Å². The van der Waals surface area contributed by atoms with E-state index in [0.29, 0.717) is 11.3 Å². The van der Waals surface area contributed by atoms with Gasteiger partial charge in [0.25, 0.3) is 0 Å². The molecule has 0 atom stereocenters. The Morgan fingerprint density at radius 3 is 2.20 bits per heavy atom. The second kappa shape index (κ2) is 5.30. The highest BCUT2D eigenvalue weighted by Gasteiger charge is 2.41. The molecule has 2 heteroatoms. The third kappa shape index (κ3) is 2.48. The molecule has 1 saturated carbocycles. The van der Waals surface area contributed by atoms with Gasteiger partial charge in [0.05, 0.1) is 8.07 Å². The third-order valence-corrected chi connectivity index (χ3v) is 9.87. The van der Waals surface area contributed by atoms with Crippen molar-refractivity contribution in [1.29, 1.82) is 0 Å². The molecule has 0 radical (unpaired) electrons. The molecule has 0 unspecified atom stereocenters. The first-order valence-electron chi connectivity index (χ1n) is 7.98. The largest absolute Gasteiger partial charge is 0.149 e. The Bertz CT molecular complexity index is 512. The molecule has 0 aliphatic heterocycles. The van der Waals surface area contributed by atoms with Crippen LogP contribution in [0.3, 0.4) is 0 Å². The maximum Gasteiger partial charge on any atom is 0.0904 e. The SMILES string of the molecule is C[Si](C)(C)c1ccc(C2(C3C=CC=C3)CCCCC2)s1. The van der Waals surface area contributed by atoms with E-state index in [4.69, 9.17) is 0 Å². The Hall–Kier alpha value is -0.603. The van der Waals surface area contributed by atoms with Crippen LogP contribution in [0.2, 0.25) is 19.6 Å². The number of hydrogen-bond acceptors (Lipinski definition) is 1. The van der Waals surface area contributed by atoms with Gasteiger partial charge in [-0.2, -0.15) is 0 Å². The highest BCUT2D eigenvalue weighted by molar-refractivity contribution is 7.26. The summed E-state index contributed by atoms with van der Waals surface area (Å²) in [5, 5.41) is 0. The van der Waals surface area contributed by atoms with Crippen molar-refractivity contribution < 1.29 is 0 Å². The lowest BCUT2D eigenvalue weighted by atomic mass is 9.65. The first-order valence-corrected chi connectivity index (χ1v) is 12.3. The molecule has 108 valence electrons. The average molecular weight is 303 g/mol. The molecule has 1 fully saturated rings. The van der Waals surface area contributed by atoms with Crippen LogP contribution in [0.1, 0.15) is 37.0 Å². The summed E-state index contributed by atoms with van der Waals surface area (Å²) in [6.45, 7) is 7.39. The Balaban J connectivity index is 1.99.